The Morgan fingerprint density at radius 2 is 1.96 bits per heavy atom. The smallest absolute Gasteiger partial charge is 0.230 e. The van der Waals surface area contributed by atoms with Crippen LogP contribution in [0.4, 0.5) is 5.82 Å². The summed E-state index contributed by atoms with van der Waals surface area (Å²) in [5, 5.41) is 10.7. The van der Waals surface area contributed by atoms with Gasteiger partial charge in [0.2, 0.25) is 5.91 Å². The summed E-state index contributed by atoms with van der Waals surface area (Å²) in [4.78, 5) is 22.7. The van der Waals surface area contributed by atoms with E-state index in [0.29, 0.717) is 41.5 Å². The van der Waals surface area contributed by atoms with Gasteiger partial charge in [0, 0.05) is 47.0 Å². The second-order valence-electron chi connectivity index (χ2n) is 6.95. The summed E-state index contributed by atoms with van der Waals surface area (Å²) in [7, 11) is 5.35. The van der Waals surface area contributed by atoms with Crippen LogP contribution in [-0.2, 0) is 4.79 Å². The largest absolute Gasteiger partial charge is 0.367 e. The van der Waals surface area contributed by atoms with Gasteiger partial charge in [0.25, 0.3) is 0 Å². The number of hydrogen-bond donors (Lipinski definition) is 3. The van der Waals surface area contributed by atoms with Crippen molar-refractivity contribution >= 4 is 40.9 Å². The third-order valence-corrected chi connectivity index (χ3v) is 5.25. The van der Waals surface area contributed by atoms with Gasteiger partial charge in [0.1, 0.15) is 5.82 Å². The first kappa shape index (κ1) is 21.6. The third-order valence-electron chi connectivity index (χ3n) is 4.76. The van der Waals surface area contributed by atoms with E-state index in [9.17, 15) is 4.79 Å². The molecule has 1 aromatic rings. The number of carbonyl (C=O) groups excluding carboxylic acids is 1. The first-order valence-corrected chi connectivity index (χ1v) is 9.85. The minimum Gasteiger partial charge on any atom is -0.367 e. The number of aliphatic imine (C=N–C) groups is 1. The highest BCUT2D eigenvalue weighted by Gasteiger charge is 2.42. The molecule has 150 valence electrons. The van der Waals surface area contributed by atoms with Crippen molar-refractivity contribution in [3.05, 3.63) is 22.3 Å². The monoisotopic (exact) mass is 414 g/mol. The van der Waals surface area contributed by atoms with E-state index in [1.165, 1.54) is 0 Å². The minimum absolute atomic E-state index is 0.188. The summed E-state index contributed by atoms with van der Waals surface area (Å²) in [5.41, 5.74) is -0.333. The van der Waals surface area contributed by atoms with Crippen LogP contribution in [0.5, 0.6) is 0 Å². The molecule has 0 aromatic carbocycles. The molecule has 1 saturated carbocycles. The molecule has 9 heteroatoms. The molecule has 1 aliphatic carbocycles. The van der Waals surface area contributed by atoms with Gasteiger partial charge in [0.15, 0.2) is 5.96 Å². The fraction of sp³-hybridized carbons (Fsp3) is 0.611. The summed E-state index contributed by atoms with van der Waals surface area (Å²) < 4.78 is 0. The molecule has 7 nitrogen and oxygen atoms in total. The van der Waals surface area contributed by atoms with E-state index in [2.05, 4.69) is 25.9 Å². The number of guanidine groups is 1. The maximum absolute atomic E-state index is 12.6. The molecule has 0 aliphatic heterocycles. The highest BCUT2D eigenvalue weighted by Crippen LogP contribution is 2.38. The maximum Gasteiger partial charge on any atom is 0.230 e. The SMILES string of the molecule is CN=C(NCCNc1ncc(Cl)cc1Cl)NCC1(C(=O)N(C)C)CCCC1. The van der Waals surface area contributed by atoms with Gasteiger partial charge < -0.3 is 20.9 Å². The lowest BCUT2D eigenvalue weighted by Crippen LogP contribution is -2.49. The fourth-order valence-electron chi connectivity index (χ4n) is 3.37. The minimum atomic E-state index is -0.333. The number of nitrogens with zero attached hydrogens (tertiary/aromatic N) is 3. The van der Waals surface area contributed by atoms with E-state index in [1.54, 1.807) is 24.2 Å². The normalized spacial score (nSPS) is 16.1. The molecule has 1 amide bonds. The van der Waals surface area contributed by atoms with Crippen LogP contribution in [0.1, 0.15) is 25.7 Å². The summed E-state index contributed by atoms with van der Waals surface area (Å²) in [6.45, 7) is 1.81. The molecule has 0 spiro atoms. The van der Waals surface area contributed by atoms with Crippen molar-refractivity contribution in [3.8, 4) is 0 Å². The number of carbonyl (C=O) groups is 1. The van der Waals surface area contributed by atoms with Crippen molar-refractivity contribution in [1.29, 1.82) is 0 Å². The molecule has 0 saturated heterocycles. The van der Waals surface area contributed by atoms with Gasteiger partial charge in [-0.05, 0) is 18.9 Å². The number of hydrogen-bond acceptors (Lipinski definition) is 4. The van der Waals surface area contributed by atoms with Crippen LogP contribution in [-0.4, -0.2) is 62.5 Å². The Bertz CT molecular complexity index is 674. The Hall–Kier alpha value is -1.73. The zero-order valence-corrected chi connectivity index (χ0v) is 17.6. The van der Waals surface area contributed by atoms with E-state index in [-0.39, 0.29) is 11.3 Å². The van der Waals surface area contributed by atoms with E-state index in [4.69, 9.17) is 23.2 Å². The van der Waals surface area contributed by atoms with Crippen LogP contribution in [0.25, 0.3) is 0 Å². The second-order valence-corrected chi connectivity index (χ2v) is 7.79. The Kier molecular flexibility index (Phi) is 7.98. The molecule has 3 N–H and O–H groups in total. The lowest BCUT2D eigenvalue weighted by molar-refractivity contribution is -0.138. The highest BCUT2D eigenvalue weighted by atomic mass is 35.5. The average Bonchev–Trinajstić information content (AvgIpc) is 3.12. The number of halogens is 2. The first-order chi connectivity index (χ1) is 12.9. The van der Waals surface area contributed by atoms with E-state index in [0.717, 1.165) is 25.7 Å². The average molecular weight is 415 g/mol. The predicted octanol–water partition coefficient (Wildman–Crippen LogP) is 2.61. The van der Waals surface area contributed by atoms with Gasteiger partial charge in [-0.2, -0.15) is 0 Å². The Balaban J connectivity index is 1.80. The molecule has 0 radical (unpaired) electrons. The summed E-state index contributed by atoms with van der Waals surface area (Å²) in [6.07, 6.45) is 5.55. The van der Waals surface area contributed by atoms with Crippen LogP contribution in [0, 0.1) is 5.41 Å². The molecule has 1 fully saturated rings. The van der Waals surface area contributed by atoms with E-state index in [1.807, 2.05) is 14.1 Å². The summed E-state index contributed by atoms with van der Waals surface area (Å²) in [5.74, 6) is 1.45. The van der Waals surface area contributed by atoms with Crippen LogP contribution >= 0.6 is 23.2 Å². The standard InChI is InChI=1S/C18H28Cl2N6O/c1-21-17(23-9-8-22-15-14(20)10-13(19)11-24-15)25-12-18(6-4-5-7-18)16(27)26(2)3/h10-11H,4-9,12H2,1-3H3,(H,22,24)(H2,21,23,25). The number of amides is 1. The molecule has 1 heterocycles. The Labute approximate surface area is 170 Å². The topological polar surface area (TPSA) is 81.6 Å². The fourth-order valence-corrected chi connectivity index (χ4v) is 3.82. The molecule has 0 atom stereocenters. The third kappa shape index (κ3) is 5.87. The van der Waals surface area contributed by atoms with E-state index < -0.39 is 0 Å². The van der Waals surface area contributed by atoms with Crippen LogP contribution in [0.15, 0.2) is 17.3 Å². The zero-order chi connectivity index (χ0) is 19.9. The summed E-state index contributed by atoms with van der Waals surface area (Å²) >= 11 is 11.9. The van der Waals surface area contributed by atoms with E-state index >= 15 is 0 Å². The number of rotatable bonds is 7. The quantitative estimate of drug-likeness (QED) is 0.362. The molecule has 0 bridgehead atoms. The highest BCUT2D eigenvalue weighted by molar-refractivity contribution is 6.35. The number of pyridine rings is 1. The molecular formula is C18H28Cl2N6O. The predicted molar refractivity (Wildman–Crippen MR) is 112 cm³/mol. The lowest BCUT2D eigenvalue weighted by atomic mass is 9.84. The number of nitrogens with one attached hydrogen (secondary N) is 3. The second kappa shape index (κ2) is 9.99. The zero-order valence-electron chi connectivity index (χ0n) is 16.1. The lowest BCUT2D eigenvalue weighted by Gasteiger charge is -2.31. The Morgan fingerprint density at radius 1 is 1.26 bits per heavy atom. The van der Waals surface area contributed by atoms with Gasteiger partial charge in [-0.3, -0.25) is 9.79 Å². The molecular weight excluding hydrogens is 387 g/mol. The van der Waals surface area contributed by atoms with Gasteiger partial charge in [0.05, 0.1) is 15.5 Å². The van der Waals surface area contributed by atoms with Gasteiger partial charge in [-0.15, -0.1) is 0 Å². The van der Waals surface area contributed by atoms with Gasteiger partial charge >= 0.3 is 0 Å². The van der Waals surface area contributed by atoms with Crippen molar-refractivity contribution < 1.29 is 4.79 Å². The van der Waals surface area contributed by atoms with Gasteiger partial charge in [-0.1, -0.05) is 36.0 Å². The molecule has 0 unspecified atom stereocenters. The number of aromatic nitrogens is 1. The number of anilines is 1. The Morgan fingerprint density at radius 3 is 2.56 bits per heavy atom. The van der Waals surface area contributed by atoms with Crippen molar-refractivity contribution in [2.75, 3.05) is 46.1 Å². The van der Waals surface area contributed by atoms with Crippen LogP contribution in [0.2, 0.25) is 10.0 Å². The van der Waals surface area contributed by atoms with Crippen molar-refractivity contribution in [2.45, 2.75) is 25.7 Å². The van der Waals surface area contributed by atoms with Crippen molar-refractivity contribution in [2.24, 2.45) is 10.4 Å². The van der Waals surface area contributed by atoms with Crippen LogP contribution < -0.4 is 16.0 Å². The first-order valence-electron chi connectivity index (χ1n) is 9.09. The summed E-state index contributed by atoms with van der Waals surface area (Å²) in [6, 6.07) is 1.65. The van der Waals surface area contributed by atoms with Crippen LogP contribution in [0.3, 0.4) is 0 Å². The van der Waals surface area contributed by atoms with Crippen molar-refractivity contribution in [3.63, 3.8) is 0 Å². The molecule has 1 aliphatic rings. The molecule has 2 rings (SSSR count). The molecule has 1 aromatic heterocycles. The van der Waals surface area contributed by atoms with Crippen molar-refractivity contribution in [1.82, 2.24) is 20.5 Å². The maximum atomic E-state index is 12.6. The molecule has 27 heavy (non-hydrogen) atoms. The van der Waals surface area contributed by atoms with Gasteiger partial charge in [-0.25, -0.2) is 4.98 Å².